The van der Waals surface area contributed by atoms with Gasteiger partial charge in [0.25, 0.3) is 0 Å². The molecule has 0 amide bonds. The summed E-state index contributed by atoms with van der Waals surface area (Å²) in [4.78, 5) is 1.11. The molecule has 1 atom stereocenters. The van der Waals surface area contributed by atoms with Crippen LogP contribution in [0.3, 0.4) is 0 Å². The SMILES string of the molecule is COCCC(C)(O)Cc1ccc(Cl)s1. The number of thiophene rings is 1. The third-order valence-corrected chi connectivity index (χ3v) is 3.26. The van der Waals surface area contributed by atoms with Crippen LogP contribution in [-0.2, 0) is 11.2 Å². The summed E-state index contributed by atoms with van der Waals surface area (Å²) in [5, 5.41) is 9.99. The molecule has 0 aliphatic rings. The Labute approximate surface area is 93.5 Å². The fourth-order valence-electron chi connectivity index (χ4n) is 1.23. The molecule has 80 valence electrons. The van der Waals surface area contributed by atoms with E-state index in [4.69, 9.17) is 16.3 Å². The summed E-state index contributed by atoms with van der Waals surface area (Å²) in [7, 11) is 1.64. The van der Waals surface area contributed by atoms with Gasteiger partial charge in [-0.2, -0.15) is 0 Å². The van der Waals surface area contributed by atoms with Gasteiger partial charge in [-0.05, 0) is 25.5 Å². The molecule has 0 aliphatic carbocycles. The zero-order valence-electron chi connectivity index (χ0n) is 8.42. The smallest absolute Gasteiger partial charge is 0.0931 e. The van der Waals surface area contributed by atoms with Gasteiger partial charge < -0.3 is 9.84 Å². The van der Waals surface area contributed by atoms with Gasteiger partial charge in [-0.3, -0.25) is 0 Å². The van der Waals surface area contributed by atoms with Crippen molar-refractivity contribution in [2.24, 2.45) is 0 Å². The predicted octanol–water partition coefficient (Wildman–Crippen LogP) is 2.73. The van der Waals surface area contributed by atoms with Crippen LogP contribution in [0.2, 0.25) is 4.34 Å². The van der Waals surface area contributed by atoms with Crippen molar-refractivity contribution in [1.82, 2.24) is 0 Å². The molecule has 4 heteroatoms. The highest BCUT2D eigenvalue weighted by molar-refractivity contribution is 7.16. The Bertz CT molecular complexity index is 283. The van der Waals surface area contributed by atoms with Crippen LogP contribution in [0.15, 0.2) is 12.1 Å². The zero-order chi connectivity index (χ0) is 10.6. The highest BCUT2D eigenvalue weighted by Gasteiger charge is 2.21. The molecule has 1 N–H and O–H groups in total. The third-order valence-electron chi connectivity index (χ3n) is 2.03. The van der Waals surface area contributed by atoms with Crippen LogP contribution in [0.4, 0.5) is 0 Å². The highest BCUT2D eigenvalue weighted by Crippen LogP contribution is 2.26. The number of ether oxygens (including phenoxy) is 1. The largest absolute Gasteiger partial charge is 0.390 e. The maximum atomic E-state index is 9.99. The van der Waals surface area contributed by atoms with Crippen LogP contribution in [0.5, 0.6) is 0 Å². The Morgan fingerprint density at radius 3 is 2.79 bits per heavy atom. The molecule has 0 saturated carbocycles. The average molecular weight is 235 g/mol. The van der Waals surface area contributed by atoms with Crippen molar-refractivity contribution in [2.75, 3.05) is 13.7 Å². The van der Waals surface area contributed by atoms with E-state index in [-0.39, 0.29) is 0 Å². The van der Waals surface area contributed by atoms with Gasteiger partial charge in [-0.25, -0.2) is 0 Å². The highest BCUT2D eigenvalue weighted by atomic mass is 35.5. The monoisotopic (exact) mass is 234 g/mol. The summed E-state index contributed by atoms with van der Waals surface area (Å²) >= 11 is 7.32. The molecule has 14 heavy (non-hydrogen) atoms. The van der Waals surface area contributed by atoms with Crippen molar-refractivity contribution >= 4 is 22.9 Å². The van der Waals surface area contributed by atoms with Gasteiger partial charge in [0.05, 0.1) is 9.94 Å². The van der Waals surface area contributed by atoms with Crippen molar-refractivity contribution < 1.29 is 9.84 Å². The van der Waals surface area contributed by atoms with E-state index in [1.165, 1.54) is 11.3 Å². The molecule has 0 aliphatic heterocycles. The molecule has 1 unspecified atom stereocenters. The standard InChI is InChI=1S/C10H15ClO2S/c1-10(12,5-6-13-2)7-8-3-4-9(11)14-8/h3-4,12H,5-7H2,1-2H3. The summed E-state index contributed by atoms with van der Waals surface area (Å²) in [6.07, 6.45) is 1.27. The Hall–Kier alpha value is -0.0900. The van der Waals surface area contributed by atoms with E-state index in [1.54, 1.807) is 7.11 Å². The summed E-state index contributed by atoms with van der Waals surface area (Å²) in [5.41, 5.74) is -0.704. The van der Waals surface area contributed by atoms with E-state index >= 15 is 0 Å². The fraction of sp³-hybridized carbons (Fsp3) is 0.600. The van der Waals surface area contributed by atoms with Crippen LogP contribution in [0.1, 0.15) is 18.2 Å². The molecule has 0 aromatic carbocycles. The van der Waals surface area contributed by atoms with E-state index in [1.807, 2.05) is 19.1 Å². The van der Waals surface area contributed by atoms with E-state index in [9.17, 15) is 5.11 Å². The first-order chi connectivity index (χ1) is 6.53. The summed E-state index contributed by atoms with van der Waals surface area (Å²) in [6.45, 7) is 2.39. The predicted molar refractivity (Wildman–Crippen MR) is 60.1 cm³/mol. The first-order valence-electron chi connectivity index (χ1n) is 4.49. The van der Waals surface area contributed by atoms with Gasteiger partial charge in [-0.15, -0.1) is 11.3 Å². The Morgan fingerprint density at radius 2 is 2.29 bits per heavy atom. The van der Waals surface area contributed by atoms with Gasteiger partial charge in [0.1, 0.15) is 0 Å². The minimum Gasteiger partial charge on any atom is -0.390 e. The first-order valence-corrected chi connectivity index (χ1v) is 5.68. The van der Waals surface area contributed by atoms with Crippen molar-refractivity contribution in [1.29, 1.82) is 0 Å². The second-order valence-electron chi connectivity index (χ2n) is 3.62. The van der Waals surface area contributed by atoms with Crippen molar-refractivity contribution in [3.63, 3.8) is 0 Å². The summed E-state index contributed by atoms with van der Waals surface area (Å²) in [6, 6.07) is 3.81. The van der Waals surface area contributed by atoms with Gasteiger partial charge in [0.2, 0.25) is 0 Å². The average Bonchev–Trinajstić information content (AvgIpc) is 2.47. The maximum absolute atomic E-state index is 9.99. The van der Waals surface area contributed by atoms with Crippen molar-refractivity contribution in [3.05, 3.63) is 21.3 Å². The number of rotatable bonds is 5. The van der Waals surface area contributed by atoms with Gasteiger partial charge in [0.15, 0.2) is 0 Å². The lowest BCUT2D eigenvalue weighted by atomic mass is 9.98. The van der Waals surface area contributed by atoms with Crippen LogP contribution >= 0.6 is 22.9 Å². The molecule has 0 bridgehead atoms. The fourth-order valence-corrected chi connectivity index (χ4v) is 2.50. The lowest BCUT2D eigenvalue weighted by molar-refractivity contribution is 0.0256. The quantitative estimate of drug-likeness (QED) is 0.849. The number of aliphatic hydroxyl groups is 1. The van der Waals surface area contributed by atoms with E-state index in [2.05, 4.69) is 0 Å². The van der Waals surface area contributed by atoms with E-state index in [0.717, 1.165) is 9.21 Å². The van der Waals surface area contributed by atoms with Crippen LogP contribution in [0.25, 0.3) is 0 Å². The zero-order valence-corrected chi connectivity index (χ0v) is 9.99. The molecule has 1 aromatic rings. The number of halogens is 1. The van der Waals surface area contributed by atoms with Crippen LogP contribution in [0, 0.1) is 0 Å². The molecule has 1 aromatic heterocycles. The molecule has 0 spiro atoms. The topological polar surface area (TPSA) is 29.5 Å². The number of hydrogen-bond acceptors (Lipinski definition) is 3. The molecule has 2 nitrogen and oxygen atoms in total. The van der Waals surface area contributed by atoms with Crippen LogP contribution < -0.4 is 0 Å². The van der Waals surface area contributed by atoms with Gasteiger partial charge in [-0.1, -0.05) is 11.6 Å². The lowest BCUT2D eigenvalue weighted by Gasteiger charge is -2.21. The minimum atomic E-state index is -0.704. The van der Waals surface area contributed by atoms with Crippen molar-refractivity contribution in [3.8, 4) is 0 Å². The third kappa shape index (κ3) is 3.96. The first kappa shape index (κ1) is 12.0. The summed E-state index contributed by atoms with van der Waals surface area (Å²) < 4.78 is 5.70. The molecule has 1 heterocycles. The Morgan fingerprint density at radius 1 is 1.57 bits per heavy atom. The molecule has 0 radical (unpaired) electrons. The Kier molecular flexibility index (Phi) is 4.38. The van der Waals surface area contributed by atoms with Gasteiger partial charge in [0, 0.05) is 25.0 Å². The molecular weight excluding hydrogens is 220 g/mol. The second kappa shape index (κ2) is 5.12. The normalized spacial score (nSPS) is 15.4. The second-order valence-corrected chi connectivity index (χ2v) is 5.42. The van der Waals surface area contributed by atoms with Crippen molar-refractivity contribution in [2.45, 2.75) is 25.4 Å². The Balaban J connectivity index is 2.49. The molecule has 0 fully saturated rings. The molecule has 1 rings (SSSR count). The molecule has 0 saturated heterocycles. The lowest BCUT2D eigenvalue weighted by Crippen LogP contribution is -2.28. The van der Waals surface area contributed by atoms with E-state index < -0.39 is 5.60 Å². The van der Waals surface area contributed by atoms with Gasteiger partial charge >= 0.3 is 0 Å². The van der Waals surface area contributed by atoms with Crippen LogP contribution in [-0.4, -0.2) is 24.4 Å². The van der Waals surface area contributed by atoms with E-state index in [0.29, 0.717) is 19.4 Å². The number of hydrogen-bond donors (Lipinski definition) is 1. The maximum Gasteiger partial charge on any atom is 0.0931 e. The minimum absolute atomic E-state index is 0.576. The number of methoxy groups -OCH3 is 1. The molecular formula is C10H15ClO2S. The summed E-state index contributed by atoms with van der Waals surface area (Å²) in [5.74, 6) is 0.